The molecule has 3 N–H and O–H groups in total. The molecule has 1 rings (SSSR count). The molecule has 110 valence electrons. The van der Waals surface area contributed by atoms with Crippen molar-refractivity contribution in [2.24, 2.45) is 11.8 Å². The molecule has 2 amide bonds. The van der Waals surface area contributed by atoms with Crippen molar-refractivity contribution in [1.82, 2.24) is 10.2 Å². The topological polar surface area (TPSA) is 89.9 Å². The molecule has 1 saturated heterocycles. The number of carbonyl (C=O) groups excluding carboxylic acids is 1. The summed E-state index contributed by atoms with van der Waals surface area (Å²) in [6.07, 6.45) is 2.74. The molecule has 1 heterocycles. The van der Waals surface area contributed by atoms with Crippen LogP contribution in [0.3, 0.4) is 0 Å². The van der Waals surface area contributed by atoms with Crippen molar-refractivity contribution in [1.29, 1.82) is 0 Å². The van der Waals surface area contributed by atoms with Crippen LogP contribution in [0, 0.1) is 11.8 Å². The van der Waals surface area contributed by atoms with Gasteiger partial charge in [0.1, 0.15) is 0 Å². The Labute approximate surface area is 113 Å². The number of amides is 2. The van der Waals surface area contributed by atoms with E-state index in [2.05, 4.69) is 5.32 Å². The third-order valence-corrected chi connectivity index (χ3v) is 3.69. The van der Waals surface area contributed by atoms with Crippen LogP contribution in [0.25, 0.3) is 0 Å². The maximum absolute atomic E-state index is 12.0. The maximum atomic E-state index is 12.0. The van der Waals surface area contributed by atoms with Crippen molar-refractivity contribution in [2.45, 2.75) is 39.2 Å². The SMILES string of the molecule is CC(C)C(CNC(=O)N1CCCCC1CO)C(=O)O. The molecule has 2 unspecified atom stereocenters. The Morgan fingerprint density at radius 1 is 1.37 bits per heavy atom. The quantitative estimate of drug-likeness (QED) is 0.693. The lowest BCUT2D eigenvalue weighted by Gasteiger charge is -2.34. The number of nitrogens with one attached hydrogen (secondary N) is 1. The highest BCUT2D eigenvalue weighted by atomic mass is 16.4. The second-order valence-electron chi connectivity index (χ2n) is 5.40. The van der Waals surface area contributed by atoms with Crippen LogP contribution < -0.4 is 5.32 Å². The Morgan fingerprint density at radius 2 is 2.05 bits per heavy atom. The smallest absolute Gasteiger partial charge is 0.317 e. The number of hydrogen-bond donors (Lipinski definition) is 3. The molecule has 0 aromatic heterocycles. The molecule has 1 aliphatic heterocycles. The van der Waals surface area contributed by atoms with Crippen molar-refractivity contribution >= 4 is 12.0 Å². The normalized spacial score (nSPS) is 21.3. The highest BCUT2D eigenvalue weighted by molar-refractivity contribution is 5.76. The first-order valence-electron chi connectivity index (χ1n) is 6.85. The molecule has 0 bridgehead atoms. The van der Waals surface area contributed by atoms with E-state index in [1.165, 1.54) is 0 Å². The molecule has 0 radical (unpaired) electrons. The highest BCUT2D eigenvalue weighted by Crippen LogP contribution is 2.17. The number of carboxylic acid groups (broad SMARTS) is 1. The van der Waals surface area contributed by atoms with Crippen molar-refractivity contribution in [3.63, 3.8) is 0 Å². The lowest BCUT2D eigenvalue weighted by Crippen LogP contribution is -2.51. The van der Waals surface area contributed by atoms with Gasteiger partial charge in [-0.15, -0.1) is 0 Å². The summed E-state index contributed by atoms with van der Waals surface area (Å²) in [4.78, 5) is 24.7. The second kappa shape index (κ2) is 7.33. The minimum absolute atomic E-state index is 0.0344. The van der Waals surface area contributed by atoms with E-state index in [4.69, 9.17) is 5.11 Å². The third-order valence-electron chi connectivity index (χ3n) is 3.69. The van der Waals surface area contributed by atoms with Crippen molar-refractivity contribution < 1.29 is 19.8 Å². The molecule has 0 spiro atoms. The number of nitrogens with zero attached hydrogens (tertiary/aromatic N) is 1. The standard InChI is InChI=1S/C13H24N2O4/c1-9(2)11(12(17)18)7-14-13(19)15-6-4-3-5-10(15)8-16/h9-11,16H,3-8H2,1-2H3,(H,14,19)(H,17,18). The summed E-state index contributed by atoms with van der Waals surface area (Å²) in [6.45, 7) is 4.35. The zero-order chi connectivity index (χ0) is 14.4. The molecular weight excluding hydrogens is 248 g/mol. The predicted molar refractivity (Wildman–Crippen MR) is 70.8 cm³/mol. The highest BCUT2D eigenvalue weighted by Gasteiger charge is 2.28. The molecular formula is C13H24N2O4. The fourth-order valence-electron chi connectivity index (χ4n) is 2.36. The fourth-order valence-corrected chi connectivity index (χ4v) is 2.36. The van der Waals surface area contributed by atoms with Gasteiger partial charge in [0.25, 0.3) is 0 Å². The zero-order valence-electron chi connectivity index (χ0n) is 11.6. The van der Waals surface area contributed by atoms with Crippen molar-refractivity contribution in [2.75, 3.05) is 19.7 Å². The predicted octanol–water partition coefficient (Wildman–Crippen LogP) is 0.900. The Hall–Kier alpha value is -1.30. The summed E-state index contributed by atoms with van der Waals surface area (Å²) in [7, 11) is 0. The van der Waals surface area contributed by atoms with Gasteiger partial charge in [-0.25, -0.2) is 4.79 Å². The Morgan fingerprint density at radius 3 is 2.58 bits per heavy atom. The summed E-state index contributed by atoms with van der Waals surface area (Å²) >= 11 is 0. The number of aliphatic hydroxyl groups is 1. The molecule has 19 heavy (non-hydrogen) atoms. The van der Waals surface area contributed by atoms with Crippen LogP contribution in [0.1, 0.15) is 33.1 Å². The molecule has 6 heteroatoms. The van der Waals surface area contributed by atoms with E-state index in [1.54, 1.807) is 4.90 Å². The van der Waals surface area contributed by atoms with Gasteiger partial charge in [-0.1, -0.05) is 13.8 Å². The minimum atomic E-state index is -0.896. The second-order valence-corrected chi connectivity index (χ2v) is 5.40. The molecule has 1 fully saturated rings. The first-order valence-corrected chi connectivity index (χ1v) is 6.85. The fraction of sp³-hybridized carbons (Fsp3) is 0.846. The average molecular weight is 272 g/mol. The van der Waals surface area contributed by atoms with Crippen LogP contribution in [0.5, 0.6) is 0 Å². The number of rotatable bonds is 5. The van der Waals surface area contributed by atoms with Gasteiger partial charge in [-0.05, 0) is 25.2 Å². The summed E-state index contributed by atoms with van der Waals surface area (Å²) in [5, 5.41) is 21.0. The number of urea groups is 1. The number of aliphatic carboxylic acids is 1. The monoisotopic (exact) mass is 272 g/mol. The number of carboxylic acids is 1. The van der Waals surface area contributed by atoms with Crippen molar-refractivity contribution in [3.8, 4) is 0 Å². The first kappa shape index (κ1) is 15.8. The number of hydrogen-bond acceptors (Lipinski definition) is 3. The van der Waals surface area contributed by atoms with E-state index >= 15 is 0 Å². The lowest BCUT2D eigenvalue weighted by molar-refractivity contribution is -0.142. The van der Waals surface area contributed by atoms with Gasteiger partial charge < -0.3 is 20.4 Å². The molecule has 0 aromatic carbocycles. The number of carbonyl (C=O) groups is 2. The van der Waals surface area contributed by atoms with E-state index in [9.17, 15) is 14.7 Å². The van der Waals surface area contributed by atoms with Crippen LogP contribution in [-0.2, 0) is 4.79 Å². The molecule has 1 aliphatic rings. The van der Waals surface area contributed by atoms with Gasteiger partial charge in [0.05, 0.1) is 18.6 Å². The summed E-state index contributed by atoms with van der Waals surface area (Å²) in [5.74, 6) is -1.51. The Kier molecular flexibility index (Phi) is 6.08. The van der Waals surface area contributed by atoms with Crippen LogP contribution in [0.4, 0.5) is 4.79 Å². The van der Waals surface area contributed by atoms with Gasteiger partial charge >= 0.3 is 12.0 Å². The van der Waals surface area contributed by atoms with Crippen LogP contribution in [0.2, 0.25) is 0 Å². The van der Waals surface area contributed by atoms with Gasteiger partial charge in [0.15, 0.2) is 0 Å². The molecule has 0 aliphatic carbocycles. The van der Waals surface area contributed by atoms with Gasteiger partial charge in [-0.3, -0.25) is 4.79 Å². The van der Waals surface area contributed by atoms with E-state index in [-0.39, 0.29) is 31.1 Å². The molecule has 2 atom stereocenters. The number of likely N-dealkylation sites (tertiary alicyclic amines) is 1. The summed E-state index contributed by atoms with van der Waals surface area (Å²) < 4.78 is 0. The van der Waals surface area contributed by atoms with E-state index in [1.807, 2.05) is 13.8 Å². The largest absolute Gasteiger partial charge is 0.481 e. The maximum Gasteiger partial charge on any atom is 0.317 e. The van der Waals surface area contributed by atoms with Crippen molar-refractivity contribution in [3.05, 3.63) is 0 Å². The minimum Gasteiger partial charge on any atom is -0.481 e. The zero-order valence-corrected chi connectivity index (χ0v) is 11.6. The van der Waals surface area contributed by atoms with Crippen LogP contribution in [0.15, 0.2) is 0 Å². The van der Waals surface area contributed by atoms with Gasteiger partial charge in [0.2, 0.25) is 0 Å². The first-order chi connectivity index (χ1) is 8.97. The average Bonchev–Trinajstić information content (AvgIpc) is 2.37. The Balaban J connectivity index is 2.51. The lowest BCUT2D eigenvalue weighted by atomic mass is 9.96. The van der Waals surface area contributed by atoms with E-state index in [0.29, 0.717) is 6.54 Å². The summed E-state index contributed by atoms with van der Waals surface area (Å²) in [5.41, 5.74) is 0. The molecule has 0 saturated carbocycles. The van der Waals surface area contributed by atoms with Crippen LogP contribution >= 0.6 is 0 Å². The van der Waals surface area contributed by atoms with Gasteiger partial charge in [0, 0.05) is 13.1 Å². The van der Waals surface area contributed by atoms with E-state index < -0.39 is 11.9 Å². The summed E-state index contributed by atoms with van der Waals surface area (Å²) in [6, 6.07) is -0.415. The number of piperidine rings is 1. The third kappa shape index (κ3) is 4.38. The number of aliphatic hydroxyl groups excluding tert-OH is 1. The van der Waals surface area contributed by atoms with E-state index in [0.717, 1.165) is 19.3 Å². The Bertz CT molecular complexity index is 320. The van der Waals surface area contributed by atoms with Gasteiger partial charge in [-0.2, -0.15) is 0 Å². The molecule has 6 nitrogen and oxygen atoms in total. The van der Waals surface area contributed by atoms with Crippen LogP contribution in [-0.4, -0.2) is 52.9 Å². The molecule has 0 aromatic rings.